The third kappa shape index (κ3) is 1.97. The Bertz CT molecular complexity index is 321. The number of nitrogen functional groups attached to an aromatic ring is 1. The molecular formula is C10H15NS2. The van der Waals surface area contributed by atoms with Gasteiger partial charge in [-0.3, -0.25) is 0 Å². The van der Waals surface area contributed by atoms with Gasteiger partial charge >= 0.3 is 0 Å². The van der Waals surface area contributed by atoms with Crippen LogP contribution in [0.15, 0.2) is 15.9 Å². The molecule has 0 radical (unpaired) electrons. The van der Waals surface area contributed by atoms with Crippen molar-refractivity contribution in [3.8, 4) is 0 Å². The number of nitrogens with two attached hydrogens (primary N) is 1. The minimum absolute atomic E-state index is 0.933. The molecule has 0 aromatic heterocycles. The lowest BCUT2D eigenvalue weighted by Crippen LogP contribution is -1.96. The van der Waals surface area contributed by atoms with Crippen molar-refractivity contribution >= 4 is 29.2 Å². The zero-order valence-electron chi connectivity index (χ0n) is 8.47. The number of anilines is 1. The molecule has 1 aromatic carbocycles. The van der Waals surface area contributed by atoms with Gasteiger partial charge in [0.05, 0.1) is 5.69 Å². The minimum Gasteiger partial charge on any atom is -0.397 e. The van der Waals surface area contributed by atoms with E-state index in [1.54, 1.807) is 23.5 Å². The second kappa shape index (κ2) is 4.29. The quantitative estimate of drug-likeness (QED) is 0.603. The lowest BCUT2D eigenvalue weighted by molar-refractivity contribution is 1.19. The van der Waals surface area contributed by atoms with Gasteiger partial charge in [0, 0.05) is 9.79 Å². The molecule has 0 aliphatic carbocycles. The summed E-state index contributed by atoms with van der Waals surface area (Å²) in [5.41, 5.74) is 9.60. The Kier molecular flexibility index (Phi) is 3.56. The van der Waals surface area contributed by atoms with E-state index in [1.807, 2.05) is 0 Å². The van der Waals surface area contributed by atoms with Crippen molar-refractivity contribution in [2.45, 2.75) is 23.6 Å². The molecule has 0 amide bonds. The standard InChI is InChI=1S/C10H15NS2/c1-6-5-8(12-3)9(11)10(13-4)7(6)2/h5H,11H2,1-4H3. The van der Waals surface area contributed by atoms with Crippen molar-refractivity contribution in [3.63, 3.8) is 0 Å². The molecule has 0 aliphatic heterocycles. The summed E-state index contributed by atoms with van der Waals surface area (Å²) in [5.74, 6) is 0. The molecule has 0 fully saturated rings. The third-order valence-corrected chi connectivity index (χ3v) is 3.93. The summed E-state index contributed by atoms with van der Waals surface area (Å²) < 4.78 is 0. The number of rotatable bonds is 2. The number of aryl methyl sites for hydroxylation is 1. The molecule has 2 N–H and O–H groups in total. The van der Waals surface area contributed by atoms with E-state index in [9.17, 15) is 0 Å². The zero-order chi connectivity index (χ0) is 10.0. The summed E-state index contributed by atoms with van der Waals surface area (Å²) in [5, 5.41) is 0. The third-order valence-electron chi connectivity index (χ3n) is 2.21. The maximum Gasteiger partial charge on any atom is 0.0593 e. The molecule has 0 saturated carbocycles. The fourth-order valence-electron chi connectivity index (χ4n) is 1.31. The van der Waals surface area contributed by atoms with Gasteiger partial charge in [-0.25, -0.2) is 0 Å². The predicted molar refractivity (Wildman–Crippen MR) is 63.9 cm³/mol. The summed E-state index contributed by atoms with van der Waals surface area (Å²) in [6, 6.07) is 2.16. The molecule has 3 heteroatoms. The fourth-order valence-corrected chi connectivity index (χ4v) is 2.79. The van der Waals surface area contributed by atoms with E-state index >= 15 is 0 Å². The average molecular weight is 213 g/mol. The number of benzene rings is 1. The van der Waals surface area contributed by atoms with Gasteiger partial charge < -0.3 is 5.73 Å². The molecule has 0 atom stereocenters. The number of thioether (sulfide) groups is 2. The largest absolute Gasteiger partial charge is 0.397 e. The summed E-state index contributed by atoms with van der Waals surface area (Å²) in [4.78, 5) is 2.41. The molecule has 0 spiro atoms. The smallest absolute Gasteiger partial charge is 0.0593 e. The molecule has 1 nitrogen and oxygen atoms in total. The summed E-state index contributed by atoms with van der Waals surface area (Å²) in [7, 11) is 0. The lowest BCUT2D eigenvalue weighted by atomic mass is 10.1. The van der Waals surface area contributed by atoms with Crippen LogP contribution in [0, 0.1) is 13.8 Å². The first-order valence-corrected chi connectivity index (χ1v) is 6.54. The molecule has 72 valence electrons. The van der Waals surface area contributed by atoms with Crippen LogP contribution in [-0.2, 0) is 0 Å². The van der Waals surface area contributed by atoms with Crippen molar-refractivity contribution in [1.82, 2.24) is 0 Å². The van der Waals surface area contributed by atoms with E-state index in [-0.39, 0.29) is 0 Å². The summed E-state index contributed by atoms with van der Waals surface area (Å²) >= 11 is 3.44. The highest BCUT2D eigenvalue weighted by atomic mass is 32.2. The second-order valence-electron chi connectivity index (χ2n) is 2.97. The monoisotopic (exact) mass is 213 g/mol. The molecule has 0 unspecified atom stereocenters. The topological polar surface area (TPSA) is 26.0 Å². The van der Waals surface area contributed by atoms with Crippen LogP contribution in [0.1, 0.15) is 11.1 Å². The Balaban J connectivity index is 3.39. The number of hydrogen-bond donors (Lipinski definition) is 1. The minimum atomic E-state index is 0.933. The van der Waals surface area contributed by atoms with E-state index < -0.39 is 0 Å². The van der Waals surface area contributed by atoms with Crippen LogP contribution < -0.4 is 5.73 Å². The van der Waals surface area contributed by atoms with Gasteiger partial charge in [-0.05, 0) is 43.6 Å². The average Bonchev–Trinajstić information content (AvgIpc) is 2.12. The number of hydrogen-bond acceptors (Lipinski definition) is 3. The van der Waals surface area contributed by atoms with Crippen LogP contribution in [-0.4, -0.2) is 12.5 Å². The lowest BCUT2D eigenvalue weighted by Gasteiger charge is -2.13. The van der Waals surface area contributed by atoms with Gasteiger partial charge in [-0.15, -0.1) is 23.5 Å². The van der Waals surface area contributed by atoms with Crippen molar-refractivity contribution < 1.29 is 0 Å². The molecule has 1 rings (SSSR count). The van der Waals surface area contributed by atoms with Crippen molar-refractivity contribution in [1.29, 1.82) is 0 Å². The maximum absolute atomic E-state index is 6.03. The SMILES string of the molecule is CSc1cc(C)c(C)c(SC)c1N. The van der Waals surface area contributed by atoms with Crippen LogP contribution in [0.5, 0.6) is 0 Å². The van der Waals surface area contributed by atoms with Crippen LogP contribution in [0.25, 0.3) is 0 Å². The Morgan fingerprint density at radius 1 is 1.15 bits per heavy atom. The van der Waals surface area contributed by atoms with Gasteiger partial charge in [0.2, 0.25) is 0 Å². The molecule has 1 aromatic rings. The Hall–Kier alpha value is -0.280. The van der Waals surface area contributed by atoms with Crippen LogP contribution in [0.4, 0.5) is 5.69 Å². The highest BCUT2D eigenvalue weighted by molar-refractivity contribution is 7.99. The van der Waals surface area contributed by atoms with E-state index in [0.717, 1.165) is 5.69 Å². The van der Waals surface area contributed by atoms with E-state index in [4.69, 9.17) is 5.73 Å². The highest BCUT2D eigenvalue weighted by Crippen LogP contribution is 2.36. The predicted octanol–water partition coefficient (Wildman–Crippen LogP) is 3.33. The van der Waals surface area contributed by atoms with Crippen LogP contribution in [0.3, 0.4) is 0 Å². The molecule has 13 heavy (non-hydrogen) atoms. The molecule has 0 saturated heterocycles. The van der Waals surface area contributed by atoms with Crippen molar-refractivity contribution in [3.05, 3.63) is 17.2 Å². The van der Waals surface area contributed by atoms with Gasteiger partial charge in [0.15, 0.2) is 0 Å². The second-order valence-corrected chi connectivity index (χ2v) is 4.63. The first kappa shape index (κ1) is 10.8. The fraction of sp³-hybridized carbons (Fsp3) is 0.400. The molecule has 0 heterocycles. The van der Waals surface area contributed by atoms with Crippen LogP contribution in [0.2, 0.25) is 0 Å². The van der Waals surface area contributed by atoms with Gasteiger partial charge in [-0.1, -0.05) is 0 Å². The zero-order valence-corrected chi connectivity index (χ0v) is 10.1. The van der Waals surface area contributed by atoms with E-state index in [2.05, 4.69) is 32.4 Å². The van der Waals surface area contributed by atoms with Gasteiger partial charge in [-0.2, -0.15) is 0 Å². The Labute approximate surface area is 88.5 Å². The van der Waals surface area contributed by atoms with Crippen molar-refractivity contribution in [2.24, 2.45) is 0 Å². The first-order valence-electron chi connectivity index (χ1n) is 4.09. The molecular weight excluding hydrogens is 198 g/mol. The first-order chi connectivity index (χ1) is 6.11. The van der Waals surface area contributed by atoms with E-state index in [0.29, 0.717) is 0 Å². The van der Waals surface area contributed by atoms with E-state index in [1.165, 1.54) is 20.9 Å². The van der Waals surface area contributed by atoms with Gasteiger partial charge in [0.25, 0.3) is 0 Å². The van der Waals surface area contributed by atoms with Crippen LogP contribution >= 0.6 is 23.5 Å². The summed E-state index contributed by atoms with van der Waals surface area (Å²) in [6.45, 7) is 4.26. The van der Waals surface area contributed by atoms with Gasteiger partial charge in [0.1, 0.15) is 0 Å². The Morgan fingerprint density at radius 3 is 2.23 bits per heavy atom. The molecule has 0 aliphatic rings. The molecule has 0 bridgehead atoms. The highest BCUT2D eigenvalue weighted by Gasteiger charge is 2.09. The summed E-state index contributed by atoms with van der Waals surface area (Å²) in [6.07, 6.45) is 4.13. The van der Waals surface area contributed by atoms with Crippen molar-refractivity contribution in [2.75, 3.05) is 18.2 Å². The normalized spacial score (nSPS) is 10.5. The Morgan fingerprint density at radius 2 is 1.77 bits per heavy atom. The maximum atomic E-state index is 6.03.